The number of nitrogens with one attached hydrogen (secondary N) is 1. The predicted octanol–water partition coefficient (Wildman–Crippen LogP) is 2.48. The monoisotopic (exact) mass is 316 g/mol. The summed E-state index contributed by atoms with van der Waals surface area (Å²) in [6, 6.07) is 4.24. The van der Waals surface area contributed by atoms with Crippen LogP contribution in [0.3, 0.4) is 0 Å². The van der Waals surface area contributed by atoms with Gasteiger partial charge >= 0.3 is 0 Å². The highest BCUT2D eigenvalue weighted by atomic mass is 16.5. The van der Waals surface area contributed by atoms with Crippen molar-refractivity contribution in [3.8, 4) is 0 Å². The molecule has 1 fully saturated rings. The molecule has 0 bridgehead atoms. The number of aromatic nitrogens is 2. The Morgan fingerprint density at radius 2 is 2.00 bits per heavy atom. The molecule has 2 aromatic heterocycles. The standard InChI is InChI=1S/C17H24N4O2/c1-12-10-18-14(3)17(20-12)19-11-15(16-5-4-13(2)23-16)21-6-8-22-9-7-21/h4-5,10,15H,6-9,11H2,1-3H3,(H,19,20). The fourth-order valence-corrected chi connectivity index (χ4v) is 2.83. The van der Waals surface area contributed by atoms with Crippen LogP contribution in [-0.4, -0.2) is 47.7 Å². The van der Waals surface area contributed by atoms with Gasteiger partial charge in [-0.05, 0) is 32.9 Å². The largest absolute Gasteiger partial charge is 0.465 e. The minimum atomic E-state index is 0.161. The summed E-state index contributed by atoms with van der Waals surface area (Å²) < 4.78 is 11.4. The highest BCUT2D eigenvalue weighted by Gasteiger charge is 2.25. The third-order valence-electron chi connectivity index (χ3n) is 4.11. The van der Waals surface area contributed by atoms with E-state index in [-0.39, 0.29) is 6.04 Å². The number of hydrogen-bond donors (Lipinski definition) is 1. The topological polar surface area (TPSA) is 63.4 Å². The number of rotatable bonds is 5. The van der Waals surface area contributed by atoms with Gasteiger partial charge in [-0.3, -0.25) is 9.88 Å². The average molecular weight is 316 g/mol. The fraction of sp³-hybridized carbons (Fsp3) is 0.529. The van der Waals surface area contributed by atoms with Crippen molar-refractivity contribution in [3.63, 3.8) is 0 Å². The van der Waals surface area contributed by atoms with Gasteiger partial charge in [0.25, 0.3) is 0 Å². The Morgan fingerprint density at radius 1 is 1.22 bits per heavy atom. The Balaban J connectivity index is 1.76. The van der Waals surface area contributed by atoms with Crippen LogP contribution in [0.25, 0.3) is 0 Å². The zero-order chi connectivity index (χ0) is 16.2. The number of furan rings is 1. The van der Waals surface area contributed by atoms with Crippen LogP contribution in [0, 0.1) is 20.8 Å². The number of aryl methyl sites for hydroxylation is 3. The van der Waals surface area contributed by atoms with E-state index in [1.54, 1.807) is 6.20 Å². The molecular weight excluding hydrogens is 292 g/mol. The van der Waals surface area contributed by atoms with Gasteiger partial charge in [0.2, 0.25) is 0 Å². The van der Waals surface area contributed by atoms with Crippen LogP contribution in [-0.2, 0) is 4.74 Å². The van der Waals surface area contributed by atoms with Crippen molar-refractivity contribution >= 4 is 5.82 Å². The zero-order valence-corrected chi connectivity index (χ0v) is 14.0. The summed E-state index contributed by atoms with van der Waals surface area (Å²) in [7, 11) is 0. The van der Waals surface area contributed by atoms with E-state index in [4.69, 9.17) is 9.15 Å². The molecule has 0 amide bonds. The molecule has 1 aliphatic heterocycles. The second-order valence-corrected chi connectivity index (χ2v) is 5.94. The molecule has 0 saturated carbocycles. The van der Waals surface area contributed by atoms with Gasteiger partial charge in [-0.2, -0.15) is 0 Å². The van der Waals surface area contributed by atoms with Crippen molar-refractivity contribution in [2.24, 2.45) is 0 Å². The Hall–Kier alpha value is -1.92. The van der Waals surface area contributed by atoms with E-state index in [1.165, 1.54) is 0 Å². The molecule has 1 saturated heterocycles. The Labute approximate surface area is 136 Å². The van der Waals surface area contributed by atoms with E-state index in [0.717, 1.165) is 61.6 Å². The molecule has 6 nitrogen and oxygen atoms in total. The van der Waals surface area contributed by atoms with Crippen LogP contribution in [0.2, 0.25) is 0 Å². The van der Waals surface area contributed by atoms with Crippen molar-refractivity contribution in [2.45, 2.75) is 26.8 Å². The van der Waals surface area contributed by atoms with Crippen molar-refractivity contribution in [2.75, 3.05) is 38.2 Å². The Bertz CT molecular complexity index is 650. The van der Waals surface area contributed by atoms with Gasteiger partial charge in [0.1, 0.15) is 17.3 Å². The van der Waals surface area contributed by atoms with E-state index >= 15 is 0 Å². The summed E-state index contributed by atoms with van der Waals surface area (Å²) in [5.74, 6) is 2.76. The number of morpholine rings is 1. The first-order valence-corrected chi connectivity index (χ1v) is 8.06. The van der Waals surface area contributed by atoms with Crippen molar-refractivity contribution in [1.29, 1.82) is 0 Å². The molecule has 0 aromatic carbocycles. The maximum absolute atomic E-state index is 5.88. The molecule has 1 aliphatic rings. The van der Waals surface area contributed by atoms with E-state index in [9.17, 15) is 0 Å². The van der Waals surface area contributed by atoms with Gasteiger partial charge in [-0.25, -0.2) is 4.98 Å². The molecule has 0 aliphatic carbocycles. The number of ether oxygens (including phenoxy) is 1. The molecule has 124 valence electrons. The molecule has 0 radical (unpaired) electrons. The van der Waals surface area contributed by atoms with Gasteiger partial charge in [-0.15, -0.1) is 0 Å². The third kappa shape index (κ3) is 3.89. The third-order valence-corrected chi connectivity index (χ3v) is 4.11. The Morgan fingerprint density at radius 3 is 2.70 bits per heavy atom. The van der Waals surface area contributed by atoms with Crippen LogP contribution in [0.15, 0.2) is 22.7 Å². The number of anilines is 1. The lowest BCUT2D eigenvalue weighted by atomic mass is 10.1. The first kappa shape index (κ1) is 16.0. The van der Waals surface area contributed by atoms with Crippen molar-refractivity contribution in [3.05, 3.63) is 41.2 Å². The lowest BCUT2D eigenvalue weighted by Gasteiger charge is -2.33. The van der Waals surface area contributed by atoms with E-state index in [1.807, 2.05) is 26.8 Å². The minimum Gasteiger partial charge on any atom is -0.465 e. The molecule has 0 spiro atoms. The van der Waals surface area contributed by atoms with Crippen molar-refractivity contribution in [1.82, 2.24) is 14.9 Å². The summed E-state index contributed by atoms with van der Waals surface area (Å²) in [5.41, 5.74) is 1.82. The van der Waals surface area contributed by atoms with Gasteiger partial charge in [0, 0.05) is 25.8 Å². The van der Waals surface area contributed by atoms with E-state index in [0.29, 0.717) is 0 Å². The van der Waals surface area contributed by atoms with Gasteiger partial charge < -0.3 is 14.5 Å². The molecular formula is C17H24N4O2. The molecule has 1 N–H and O–H groups in total. The predicted molar refractivity (Wildman–Crippen MR) is 88.6 cm³/mol. The molecule has 2 aromatic rings. The van der Waals surface area contributed by atoms with Gasteiger partial charge in [0.05, 0.1) is 30.6 Å². The zero-order valence-electron chi connectivity index (χ0n) is 14.0. The first-order valence-electron chi connectivity index (χ1n) is 8.06. The number of nitrogens with zero attached hydrogens (tertiary/aromatic N) is 3. The Kier molecular flexibility index (Phi) is 4.93. The van der Waals surface area contributed by atoms with Crippen LogP contribution >= 0.6 is 0 Å². The van der Waals surface area contributed by atoms with Crippen LogP contribution < -0.4 is 5.32 Å². The summed E-state index contributed by atoms with van der Waals surface area (Å²) in [5, 5.41) is 3.44. The van der Waals surface area contributed by atoms with Crippen LogP contribution in [0.5, 0.6) is 0 Å². The molecule has 3 rings (SSSR count). The maximum atomic E-state index is 5.88. The maximum Gasteiger partial charge on any atom is 0.147 e. The second-order valence-electron chi connectivity index (χ2n) is 5.94. The van der Waals surface area contributed by atoms with Crippen LogP contribution in [0.1, 0.15) is 29.0 Å². The summed E-state index contributed by atoms with van der Waals surface area (Å²) in [6.45, 7) is 9.96. The molecule has 1 atom stereocenters. The smallest absolute Gasteiger partial charge is 0.147 e. The quantitative estimate of drug-likeness (QED) is 0.914. The first-order chi connectivity index (χ1) is 11.1. The van der Waals surface area contributed by atoms with Gasteiger partial charge in [-0.1, -0.05) is 0 Å². The summed E-state index contributed by atoms with van der Waals surface area (Å²) in [4.78, 5) is 11.3. The molecule has 23 heavy (non-hydrogen) atoms. The highest BCUT2D eigenvalue weighted by Crippen LogP contribution is 2.24. The fourth-order valence-electron chi connectivity index (χ4n) is 2.83. The average Bonchev–Trinajstić information content (AvgIpc) is 2.98. The summed E-state index contributed by atoms with van der Waals surface area (Å²) >= 11 is 0. The highest BCUT2D eigenvalue weighted by molar-refractivity contribution is 5.40. The van der Waals surface area contributed by atoms with Gasteiger partial charge in [0.15, 0.2) is 0 Å². The SMILES string of the molecule is Cc1cnc(C)c(NCC(c2ccc(C)o2)N2CCOCC2)n1. The lowest BCUT2D eigenvalue weighted by molar-refractivity contribution is 0.0143. The number of hydrogen-bond acceptors (Lipinski definition) is 6. The van der Waals surface area contributed by atoms with Crippen molar-refractivity contribution < 1.29 is 9.15 Å². The lowest BCUT2D eigenvalue weighted by Crippen LogP contribution is -2.41. The molecule has 6 heteroatoms. The van der Waals surface area contributed by atoms with E-state index in [2.05, 4.69) is 26.3 Å². The van der Waals surface area contributed by atoms with E-state index < -0.39 is 0 Å². The normalized spacial score (nSPS) is 17.2. The molecule has 1 unspecified atom stereocenters. The minimum absolute atomic E-state index is 0.161. The summed E-state index contributed by atoms with van der Waals surface area (Å²) in [6.07, 6.45) is 1.79. The van der Waals surface area contributed by atoms with Crippen LogP contribution in [0.4, 0.5) is 5.82 Å². The second kappa shape index (κ2) is 7.10. The molecule has 3 heterocycles.